The minimum Gasteiger partial charge on any atom is -0.486 e. The minimum atomic E-state index is -0.458. The zero-order chi connectivity index (χ0) is 31.0. The Kier molecular flexibility index (Phi) is 9.12. The van der Waals surface area contributed by atoms with Crippen LogP contribution < -0.4 is 25.4 Å². The maximum absolute atomic E-state index is 13.4. The molecule has 226 valence electrons. The molecule has 5 aromatic rings. The summed E-state index contributed by atoms with van der Waals surface area (Å²) >= 11 is 1.54. The molecule has 0 radical (unpaired) electrons. The molecular formula is C35H30N4O5S. The SMILES string of the molecule is O=C(CCSc1ccc(NC(=O)C(=Cc2c[nH]c3ccccc23)NC(=O)c2ccccc2)cc1)Nc1ccc2c(c1)OCCO2. The van der Waals surface area contributed by atoms with E-state index in [1.54, 1.807) is 66.9 Å². The van der Waals surface area contributed by atoms with Crippen molar-refractivity contribution in [3.05, 3.63) is 120 Å². The second kappa shape index (κ2) is 13.9. The Labute approximate surface area is 264 Å². The number of carbonyl (C=O) groups excluding carboxylic acids is 3. The van der Waals surface area contributed by atoms with E-state index in [2.05, 4.69) is 20.9 Å². The average molecular weight is 619 g/mol. The number of rotatable bonds is 10. The van der Waals surface area contributed by atoms with Crippen molar-refractivity contribution in [1.82, 2.24) is 10.3 Å². The Hall–Kier alpha value is -5.48. The van der Waals surface area contributed by atoms with E-state index >= 15 is 0 Å². The zero-order valence-corrected chi connectivity index (χ0v) is 25.0. The predicted molar refractivity (Wildman–Crippen MR) is 177 cm³/mol. The van der Waals surface area contributed by atoms with Crippen molar-refractivity contribution >= 4 is 57.8 Å². The van der Waals surface area contributed by atoms with Gasteiger partial charge in [0.05, 0.1) is 0 Å². The van der Waals surface area contributed by atoms with Crippen molar-refractivity contribution in [3.63, 3.8) is 0 Å². The molecule has 0 saturated carbocycles. The lowest BCUT2D eigenvalue weighted by molar-refractivity contribution is -0.116. The molecule has 0 atom stereocenters. The van der Waals surface area contributed by atoms with Crippen molar-refractivity contribution in [3.8, 4) is 11.5 Å². The molecule has 0 bridgehead atoms. The lowest BCUT2D eigenvalue weighted by atomic mass is 10.1. The van der Waals surface area contributed by atoms with E-state index in [0.29, 0.717) is 53.8 Å². The third kappa shape index (κ3) is 7.54. The summed E-state index contributed by atoms with van der Waals surface area (Å²) in [4.78, 5) is 43.0. The number of ether oxygens (including phenoxy) is 2. The first-order valence-corrected chi connectivity index (χ1v) is 15.4. The number of benzene rings is 4. The van der Waals surface area contributed by atoms with E-state index in [-0.39, 0.29) is 17.5 Å². The fourth-order valence-electron chi connectivity index (χ4n) is 4.75. The van der Waals surface area contributed by atoms with Gasteiger partial charge in [-0.05, 0) is 60.7 Å². The molecule has 0 unspecified atom stereocenters. The van der Waals surface area contributed by atoms with E-state index in [0.717, 1.165) is 21.4 Å². The predicted octanol–water partition coefficient (Wildman–Crippen LogP) is 6.47. The van der Waals surface area contributed by atoms with Gasteiger partial charge >= 0.3 is 0 Å². The van der Waals surface area contributed by atoms with Crippen LogP contribution in [0.15, 0.2) is 114 Å². The third-order valence-electron chi connectivity index (χ3n) is 6.99. The number of aromatic nitrogens is 1. The van der Waals surface area contributed by atoms with Crippen LogP contribution in [0.25, 0.3) is 17.0 Å². The number of anilines is 2. The molecule has 1 aliphatic rings. The molecule has 1 aromatic heterocycles. The fraction of sp³-hybridized carbons (Fsp3) is 0.114. The van der Waals surface area contributed by atoms with E-state index in [4.69, 9.17) is 9.47 Å². The number of carbonyl (C=O) groups is 3. The number of thioether (sulfide) groups is 1. The molecule has 1 aliphatic heterocycles. The summed E-state index contributed by atoms with van der Waals surface area (Å²) in [6, 6.07) is 29.2. The van der Waals surface area contributed by atoms with Crippen LogP contribution in [0.2, 0.25) is 0 Å². The zero-order valence-electron chi connectivity index (χ0n) is 24.2. The smallest absolute Gasteiger partial charge is 0.272 e. The molecule has 0 spiro atoms. The summed E-state index contributed by atoms with van der Waals surface area (Å²) in [6.07, 6.45) is 3.78. The Morgan fingerprint density at radius 3 is 2.36 bits per heavy atom. The van der Waals surface area contributed by atoms with Crippen LogP contribution >= 0.6 is 11.8 Å². The third-order valence-corrected chi connectivity index (χ3v) is 8.00. The second-order valence-corrected chi connectivity index (χ2v) is 11.3. The van der Waals surface area contributed by atoms with Crippen LogP contribution in [-0.4, -0.2) is 41.7 Å². The first-order valence-electron chi connectivity index (χ1n) is 14.4. The van der Waals surface area contributed by atoms with Gasteiger partial charge in [0.1, 0.15) is 18.9 Å². The van der Waals surface area contributed by atoms with Gasteiger partial charge in [0, 0.05) is 62.7 Å². The molecule has 0 aliphatic carbocycles. The summed E-state index contributed by atoms with van der Waals surface area (Å²) in [5.74, 6) is 0.927. The van der Waals surface area contributed by atoms with E-state index in [1.807, 2.05) is 42.5 Å². The number of H-pyrrole nitrogens is 1. The highest BCUT2D eigenvalue weighted by atomic mass is 32.2. The van der Waals surface area contributed by atoms with Gasteiger partial charge in [-0.25, -0.2) is 0 Å². The number of hydrogen-bond donors (Lipinski definition) is 4. The molecule has 45 heavy (non-hydrogen) atoms. The lowest BCUT2D eigenvalue weighted by Crippen LogP contribution is -2.30. The van der Waals surface area contributed by atoms with E-state index in [1.165, 1.54) is 11.8 Å². The number of nitrogens with one attached hydrogen (secondary N) is 4. The largest absolute Gasteiger partial charge is 0.486 e. The molecular weight excluding hydrogens is 588 g/mol. The molecule has 10 heteroatoms. The first kappa shape index (κ1) is 29.6. The van der Waals surface area contributed by atoms with Crippen LogP contribution in [-0.2, 0) is 9.59 Å². The number of amides is 3. The van der Waals surface area contributed by atoms with Crippen LogP contribution in [0.1, 0.15) is 22.3 Å². The highest BCUT2D eigenvalue weighted by molar-refractivity contribution is 7.99. The highest BCUT2D eigenvalue weighted by Crippen LogP contribution is 2.32. The van der Waals surface area contributed by atoms with Gasteiger partial charge in [-0.2, -0.15) is 0 Å². The standard InChI is InChI=1S/C35H30N4O5S/c40-33(37-26-12-15-31-32(21-26)44-18-17-43-31)16-19-45-27-13-10-25(11-14-27)38-35(42)30(39-34(41)23-6-2-1-3-7-23)20-24-22-36-29-9-5-4-8-28(24)29/h1-15,20-22,36H,16-19H2,(H,37,40)(H,38,42)(H,39,41). The molecule has 0 saturated heterocycles. The molecule has 0 fully saturated rings. The maximum Gasteiger partial charge on any atom is 0.272 e. The van der Waals surface area contributed by atoms with Crippen LogP contribution in [0.4, 0.5) is 11.4 Å². The summed E-state index contributed by atoms with van der Waals surface area (Å²) in [5, 5.41) is 9.49. The molecule has 4 aromatic carbocycles. The van der Waals surface area contributed by atoms with Gasteiger partial charge in [0.15, 0.2) is 11.5 Å². The van der Waals surface area contributed by atoms with Gasteiger partial charge in [-0.3, -0.25) is 14.4 Å². The van der Waals surface area contributed by atoms with Crippen LogP contribution in [0, 0.1) is 0 Å². The summed E-state index contributed by atoms with van der Waals surface area (Å²) in [6.45, 7) is 0.997. The summed E-state index contributed by atoms with van der Waals surface area (Å²) in [7, 11) is 0. The van der Waals surface area contributed by atoms with Gasteiger partial charge in [0.25, 0.3) is 11.8 Å². The average Bonchev–Trinajstić information content (AvgIpc) is 3.48. The van der Waals surface area contributed by atoms with Crippen LogP contribution in [0.5, 0.6) is 11.5 Å². The van der Waals surface area contributed by atoms with E-state index in [9.17, 15) is 14.4 Å². The Balaban J connectivity index is 1.07. The van der Waals surface area contributed by atoms with Crippen molar-refractivity contribution in [1.29, 1.82) is 0 Å². The Morgan fingerprint density at radius 2 is 1.53 bits per heavy atom. The molecule has 3 amide bonds. The summed E-state index contributed by atoms with van der Waals surface area (Å²) < 4.78 is 11.1. The van der Waals surface area contributed by atoms with Gasteiger partial charge < -0.3 is 30.4 Å². The van der Waals surface area contributed by atoms with Crippen molar-refractivity contribution in [2.24, 2.45) is 0 Å². The highest BCUT2D eigenvalue weighted by Gasteiger charge is 2.17. The van der Waals surface area contributed by atoms with E-state index < -0.39 is 5.91 Å². The monoisotopic (exact) mass is 618 g/mol. The topological polar surface area (TPSA) is 122 Å². The van der Waals surface area contributed by atoms with Gasteiger partial charge in [-0.15, -0.1) is 11.8 Å². The quantitative estimate of drug-likeness (QED) is 0.105. The van der Waals surface area contributed by atoms with Gasteiger partial charge in [-0.1, -0.05) is 36.4 Å². The van der Waals surface area contributed by atoms with Crippen molar-refractivity contribution in [2.45, 2.75) is 11.3 Å². The van der Waals surface area contributed by atoms with Gasteiger partial charge in [0.2, 0.25) is 5.91 Å². The maximum atomic E-state index is 13.4. The first-order chi connectivity index (χ1) is 22.0. The fourth-order valence-corrected chi connectivity index (χ4v) is 5.60. The second-order valence-electron chi connectivity index (χ2n) is 10.2. The number of aromatic amines is 1. The Morgan fingerprint density at radius 1 is 0.800 bits per heavy atom. The number of hydrogen-bond acceptors (Lipinski definition) is 6. The molecule has 6 rings (SSSR count). The molecule has 4 N–H and O–H groups in total. The number of para-hydroxylation sites is 1. The summed E-state index contributed by atoms with van der Waals surface area (Å²) in [5.41, 5.74) is 3.47. The van der Waals surface area contributed by atoms with Crippen LogP contribution in [0.3, 0.4) is 0 Å². The molecule has 2 heterocycles. The Bertz CT molecular complexity index is 1870. The van der Waals surface area contributed by atoms with Crippen molar-refractivity contribution in [2.75, 3.05) is 29.6 Å². The van der Waals surface area contributed by atoms with Crippen molar-refractivity contribution < 1.29 is 23.9 Å². The molecule has 9 nitrogen and oxygen atoms in total. The number of fused-ring (bicyclic) bond motifs is 2. The normalized spacial score (nSPS) is 12.4. The minimum absolute atomic E-state index is 0.102. The lowest BCUT2D eigenvalue weighted by Gasteiger charge is -2.19.